The Balaban J connectivity index is 1.54. The minimum Gasteiger partial charge on any atom is -0.394 e. The van der Waals surface area contributed by atoms with Crippen LogP contribution in [0.1, 0.15) is 58.3 Å². The van der Waals surface area contributed by atoms with Crippen LogP contribution in [0, 0.1) is 0 Å². The molecule has 2 rings (SSSR count). The van der Waals surface area contributed by atoms with Crippen LogP contribution in [0.5, 0.6) is 0 Å². The number of ether oxygens (including phenoxy) is 6. The van der Waals surface area contributed by atoms with E-state index in [4.69, 9.17) is 28.4 Å². The van der Waals surface area contributed by atoms with Crippen molar-refractivity contribution in [1.82, 2.24) is 0 Å². The van der Waals surface area contributed by atoms with Crippen LogP contribution in [0.25, 0.3) is 0 Å². The van der Waals surface area contributed by atoms with Gasteiger partial charge in [-0.25, -0.2) is 0 Å². The van der Waals surface area contributed by atoms with Gasteiger partial charge in [-0.1, -0.05) is 51.9 Å². The third kappa shape index (κ3) is 13.1. The molecule has 0 aromatic rings. The SMILES string of the molecule is CCCCCCCCCCOCCOCCOCCS[C@@H]1O[C@H](CO)[C@@H](O[C@@H]2O[C@H](CO)[C@H](O)[C@H](O)[C@H]2O)[C@H](O)[C@H]1O. The summed E-state index contributed by atoms with van der Waals surface area (Å²) in [4.78, 5) is 0. The lowest BCUT2D eigenvalue weighted by Crippen LogP contribution is -2.64. The summed E-state index contributed by atoms with van der Waals surface area (Å²) in [6.45, 7) is 3.99. The van der Waals surface area contributed by atoms with E-state index in [-0.39, 0.29) is 0 Å². The zero-order chi connectivity index (χ0) is 30.7. The summed E-state index contributed by atoms with van der Waals surface area (Å²) in [7, 11) is 0. The Labute approximate surface area is 253 Å². The number of hydrogen-bond acceptors (Lipinski definition) is 14. The molecule has 250 valence electrons. The topological polar surface area (TPSA) is 197 Å². The van der Waals surface area contributed by atoms with Crippen molar-refractivity contribution < 1.29 is 64.2 Å². The molecule has 14 heteroatoms. The number of hydrogen-bond donors (Lipinski definition) is 7. The minimum absolute atomic E-state index is 0.347. The predicted octanol–water partition coefficient (Wildman–Crippen LogP) is -0.466. The molecule has 7 N–H and O–H groups in total. The number of aliphatic hydroxyl groups excluding tert-OH is 7. The normalized spacial score (nSPS) is 33.7. The molecule has 42 heavy (non-hydrogen) atoms. The predicted molar refractivity (Wildman–Crippen MR) is 154 cm³/mol. The lowest BCUT2D eigenvalue weighted by atomic mass is 9.97. The Morgan fingerprint density at radius 3 is 1.76 bits per heavy atom. The lowest BCUT2D eigenvalue weighted by molar-refractivity contribution is -0.338. The van der Waals surface area contributed by atoms with Crippen molar-refractivity contribution in [1.29, 1.82) is 0 Å². The van der Waals surface area contributed by atoms with Crippen LogP contribution in [0.4, 0.5) is 0 Å². The van der Waals surface area contributed by atoms with Gasteiger partial charge in [0.05, 0.1) is 46.2 Å². The maximum absolute atomic E-state index is 10.7. The van der Waals surface area contributed by atoms with Crippen molar-refractivity contribution in [2.24, 2.45) is 0 Å². The smallest absolute Gasteiger partial charge is 0.187 e. The molecular formula is C28H54O13S. The molecule has 2 heterocycles. The molecule has 2 fully saturated rings. The summed E-state index contributed by atoms with van der Waals surface area (Å²) in [6.07, 6.45) is -2.88. The van der Waals surface area contributed by atoms with Crippen LogP contribution >= 0.6 is 11.8 Å². The summed E-state index contributed by atoms with van der Waals surface area (Å²) in [5.41, 5.74) is -0.884. The summed E-state index contributed by atoms with van der Waals surface area (Å²) in [5.74, 6) is 0.437. The van der Waals surface area contributed by atoms with Crippen molar-refractivity contribution in [2.45, 2.75) is 119 Å². The fourth-order valence-corrected chi connectivity index (χ4v) is 5.82. The number of thioether (sulfide) groups is 1. The largest absolute Gasteiger partial charge is 0.394 e. The van der Waals surface area contributed by atoms with Gasteiger partial charge in [0, 0.05) is 12.4 Å². The fourth-order valence-electron chi connectivity index (χ4n) is 4.80. The highest BCUT2D eigenvalue weighted by Gasteiger charge is 2.50. The van der Waals surface area contributed by atoms with Crippen molar-refractivity contribution in [2.75, 3.05) is 58.6 Å². The molecule has 13 nitrogen and oxygen atoms in total. The Hall–Kier alpha value is -0.170. The molecule has 0 amide bonds. The van der Waals surface area contributed by atoms with Crippen LogP contribution in [-0.4, -0.2) is 155 Å². The summed E-state index contributed by atoms with van der Waals surface area (Å²) < 4.78 is 33.3. The van der Waals surface area contributed by atoms with Gasteiger partial charge in [0.15, 0.2) is 6.29 Å². The van der Waals surface area contributed by atoms with Crippen molar-refractivity contribution in [3.63, 3.8) is 0 Å². The Morgan fingerprint density at radius 2 is 1.14 bits per heavy atom. The highest BCUT2D eigenvalue weighted by molar-refractivity contribution is 7.99. The van der Waals surface area contributed by atoms with Gasteiger partial charge in [0.25, 0.3) is 0 Å². The number of unbranched alkanes of at least 4 members (excludes halogenated alkanes) is 7. The molecule has 0 aromatic carbocycles. The molecule has 10 atom stereocenters. The van der Waals surface area contributed by atoms with Gasteiger partial charge < -0.3 is 64.2 Å². The second-order valence-corrected chi connectivity index (χ2v) is 11.9. The molecule has 0 unspecified atom stereocenters. The average Bonchev–Trinajstić information content (AvgIpc) is 2.99. The fraction of sp³-hybridized carbons (Fsp3) is 1.00. The highest BCUT2D eigenvalue weighted by atomic mass is 32.2. The van der Waals surface area contributed by atoms with E-state index < -0.39 is 73.8 Å². The van der Waals surface area contributed by atoms with Crippen LogP contribution in [0.3, 0.4) is 0 Å². The van der Waals surface area contributed by atoms with E-state index >= 15 is 0 Å². The van der Waals surface area contributed by atoms with Gasteiger partial charge >= 0.3 is 0 Å². The minimum atomic E-state index is -1.70. The molecule has 0 saturated carbocycles. The van der Waals surface area contributed by atoms with Crippen LogP contribution in [0.15, 0.2) is 0 Å². The molecular weight excluding hydrogens is 576 g/mol. The third-order valence-corrected chi connectivity index (χ3v) is 8.48. The molecule has 0 radical (unpaired) electrons. The first-order valence-electron chi connectivity index (χ1n) is 15.3. The monoisotopic (exact) mass is 630 g/mol. The van der Waals surface area contributed by atoms with E-state index in [1.54, 1.807) is 0 Å². The van der Waals surface area contributed by atoms with Gasteiger partial charge in [-0.2, -0.15) is 0 Å². The van der Waals surface area contributed by atoms with Crippen LogP contribution in [-0.2, 0) is 28.4 Å². The van der Waals surface area contributed by atoms with Crippen LogP contribution < -0.4 is 0 Å². The Bertz CT molecular complexity index is 661. The third-order valence-electron chi connectivity index (χ3n) is 7.36. The maximum atomic E-state index is 10.7. The summed E-state index contributed by atoms with van der Waals surface area (Å²) >= 11 is 1.20. The zero-order valence-corrected chi connectivity index (χ0v) is 25.6. The first kappa shape index (κ1) is 38.0. The first-order chi connectivity index (χ1) is 20.3. The molecule has 0 bridgehead atoms. The van der Waals surface area contributed by atoms with E-state index in [2.05, 4.69) is 6.92 Å². The van der Waals surface area contributed by atoms with Gasteiger partial charge in [-0.3, -0.25) is 0 Å². The summed E-state index contributed by atoms with van der Waals surface area (Å²) in [5, 5.41) is 70.5. The van der Waals surface area contributed by atoms with E-state index in [9.17, 15) is 35.7 Å². The number of rotatable bonds is 23. The molecule has 0 aliphatic carbocycles. The Morgan fingerprint density at radius 1 is 0.571 bits per heavy atom. The maximum Gasteiger partial charge on any atom is 0.187 e. The quantitative estimate of drug-likeness (QED) is 0.0716. The van der Waals surface area contributed by atoms with Gasteiger partial charge in [0.2, 0.25) is 0 Å². The van der Waals surface area contributed by atoms with Crippen molar-refractivity contribution in [3.8, 4) is 0 Å². The molecule has 0 spiro atoms. The second-order valence-electron chi connectivity index (χ2n) is 10.7. The molecule has 0 aromatic heterocycles. The van der Waals surface area contributed by atoms with Crippen LogP contribution in [0.2, 0.25) is 0 Å². The summed E-state index contributed by atoms with van der Waals surface area (Å²) in [6, 6.07) is 0. The standard InChI is InChI=1S/C28H54O13S/c1-2-3-4-5-6-7-8-9-10-36-11-12-37-13-14-38-15-16-42-28-25(35)23(33)26(20(18-30)40-28)41-27-24(34)22(32)21(31)19(17-29)39-27/h19-35H,2-18H2,1H3/t19-,20-,21+,22+,23-,24-,25-,26-,27+,28+/m1/s1. The first-order valence-corrected chi connectivity index (χ1v) is 16.3. The van der Waals surface area contributed by atoms with Gasteiger partial charge in [-0.05, 0) is 6.42 Å². The lowest BCUT2D eigenvalue weighted by Gasteiger charge is -2.46. The van der Waals surface area contributed by atoms with Gasteiger partial charge in [0.1, 0.15) is 54.3 Å². The average molecular weight is 631 g/mol. The van der Waals surface area contributed by atoms with E-state index in [0.29, 0.717) is 38.8 Å². The van der Waals surface area contributed by atoms with Crippen molar-refractivity contribution in [3.05, 3.63) is 0 Å². The van der Waals surface area contributed by atoms with Gasteiger partial charge in [-0.15, -0.1) is 11.8 Å². The highest BCUT2D eigenvalue weighted by Crippen LogP contribution is 2.32. The molecule has 2 saturated heterocycles. The van der Waals surface area contributed by atoms with E-state index in [0.717, 1.165) is 13.0 Å². The van der Waals surface area contributed by atoms with E-state index in [1.807, 2.05) is 0 Å². The zero-order valence-electron chi connectivity index (χ0n) is 24.8. The van der Waals surface area contributed by atoms with E-state index in [1.165, 1.54) is 56.7 Å². The Kier molecular flexibility index (Phi) is 20.2. The number of aliphatic hydroxyl groups is 7. The molecule has 2 aliphatic heterocycles. The molecule has 2 aliphatic rings. The van der Waals surface area contributed by atoms with Crippen molar-refractivity contribution >= 4 is 11.8 Å². The second kappa shape index (κ2) is 22.4.